The second-order valence-corrected chi connectivity index (χ2v) is 1.22. The normalized spacial score (nSPS) is 11.1. The highest BCUT2D eigenvalue weighted by Gasteiger charge is 1.82. The fourth-order valence-electron chi connectivity index (χ4n) is 0.293. The van der Waals surface area contributed by atoms with E-state index < -0.39 is 0 Å². The van der Waals surface area contributed by atoms with Gasteiger partial charge in [0.2, 0.25) is 0 Å². The molecule has 0 saturated carbocycles. The van der Waals surface area contributed by atoms with Crippen LogP contribution in [-0.2, 0) is 4.79 Å². The lowest BCUT2D eigenvalue weighted by Crippen LogP contribution is -1.82. The number of allylic oxidation sites excluding steroid dienone is 3. The van der Waals surface area contributed by atoms with E-state index in [0.717, 1.165) is 12.3 Å². The average Bonchev–Trinajstić information content (AvgIpc) is 1.68. The summed E-state index contributed by atoms with van der Waals surface area (Å²) >= 11 is 0. The molecular weight excluding hydrogens is 104 g/mol. The molecule has 0 bridgehead atoms. The quantitative estimate of drug-likeness (QED) is 0.430. The third-order valence-electron chi connectivity index (χ3n) is 0.570. The van der Waals surface area contributed by atoms with Crippen molar-refractivity contribution < 1.29 is 9.90 Å². The largest absolute Gasteiger partial charge is 0.515 e. The minimum atomic E-state index is -0.199. The minimum Gasteiger partial charge on any atom is -0.515 e. The van der Waals surface area contributed by atoms with Gasteiger partial charge in [-0.2, -0.15) is 0 Å². The molecule has 0 unspecified atom stereocenters. The van der Waals surface area contributed by atoms with E-state index in [1.54, 1.807) is 13.0 Å². The lowest BCUT2D eigenvalue weighted by atomic mass is 10.3. The van der Waals surface area contributed by atoms with E-state index in [2.05, 4.69) is 0 Å². The van der Waals surface area contributed by atoms with Crippen LogP contribution in [0.2, 0.25) is 0 Å². The maximum atomic E-state index is 10.3. The lowest BCUT2D eigenvalue weighted by molar-refractivity contribution is -0.110. The molecule has 0 heterocycles. The number of aliphatic hydroxyl groups is 1. The Morgan fingerprint density at radius 1 is 1.50 bits per heavy atom. The summed E-state index contributed by atoms with van der Waals surface area (Å²) in [5, 5.41) is 8.03. The predicted molar refractivity (Wildman–Crippen MR) is 31.6 cm³/mol. The minimum absolute atomic E-state index is 0.199. The monoisotopic (exact) mass is 112 g/mol. The van der Waals surface area contributed by atoms with Crippen LogP contribution in [-0.4, -0.2) is 10.9 Å². The summed E-state index contributed by atoms with van der Waals surface area (Å²) in [5.74, 6) is -0.199. The van der Waals surface area contributed by atoms with Crippen LogP contribution >= 0.6 is 0 Å². The van der Waals surface area contributed by atoms with Gasteiger partial charge in [-0.15, -0.1) is 0 Å². The van der Waals surface area contributed by atoms with Crippen molar-refractivity contribution in [3.05, 3.63) is 24.5 Å². The Hall–Kier alpha value is -1.05. The smallest absolute Gasteiger partial charge is 0.181 e. The van der Waals surface area contributed by atoms with Crippen LogP contribution in [0.3, 0.4) is 0 Å². The fourth-order valence-corrected chi connectivity index (χ4v) is 0.293. The topological polar surface area (TPSA) is 37.3 Å². The van der Waals surface area contributed by atoms with Crippen LogP contribution in [0.4, 0.5) is 0 Å². The Kier molecular flexibility index (Phi) is 3.58. The molecule has 0 spiro atoms. The van der Waals surface area contributed by atoms with Crippen molar-refractivity contribution in [3.8, 4) is 0 Å². The zero-order valence-electron chi connectivity index (χ0n) is 4.66. The molecule has 1 N–H and O–H groups in total. The molecule has 0 amide bonds. The van der Waals surface area contributed by atoms with Crippen LogP contribution in [0, 0.1) is 0 Å². The highest BCUT2D eigenvalue weighted by Crippen LogP contribution is 1.76. The van der Waals surface area contributed by atoms with Gasteiger partial charge < -0.3 is 5.11 Å². The highest BCUT2D eigenvalue weighted by molar-refractivity contribution is 5.98. The van der Waals surface area contributed by atoms with Crippen molar-refractivity contribution >= 4 is 5.78 Å². The van der Waals surface area contributed by atoms with Gasteiger partial charge in [0.25, 0.3) is 0 Å². The molecule has 0 aromatic carbocycles. The van der Waals surface area contributed by atoms with E-state index >= 15 is 0 Å². The molecule has 0 aromatic rings. The molecule has 0 fully saturated rings. The maximum absolute atomic E-state index is 10.3. The van der Waals surface area contributed by atoms with Gasteiger partial charge in [0.1, 0.15) is 0 Å². The Morgan fingerprint density at radius 3 is 2.50 bits per heavy atom. The molecule has 44 valence electrons. The highest BCUT2D eigenvalue weighted by atomic mass is 16.2. The van der Waals surface area contributed by atoms with Crippen molar-refractivity contribution in [1.29, 1.82) is 0 Å². The van der Waals surface area contributed by atoms with Gasteiger partial charge in [0, 0.05) is 6.08 Å². The van der Waals surface area contributed by atoms with Gasteiger partial charge in [-0.1, -0.05) is 6.08 Å². The van der Waals surface area contributed by atoms with E-state index in [9.17, 15) is 4.79 Å². The Labute approximate surface area is 48.1 Å². The predicted octanol–water partition coefficient (Wildman–Crippen LogP) is 1.20. The maximum Gasteiger partial charge on any atom is 0.181 e. The molecule has 0 aliphatic heterocycles. The lowest BCUT2D eigenvalue weighted by Gasteiger charge is -1.74. The summed E-state index contributed by atoms with van der Waals surface area (Å²) in [6.45, 7) is 1.74. The molecule has 0 aromatic heterocycles. The molecule has 0 atom stereocenters. The third kappa shape index (κ3) is 3.15. The number of hydrogen-bond donors (Lipinski definition) is 1. The second kappa shape index (κ2) is 4.12. The van der Waals surface area contributed by atoms with Gasteiger partial charge in [-0.3, -0.25) is 4.79 Å². The van der Waals surface area contributed by atoms with E-state index in [1.165, 1.54) is 6.08 Å². The second-order valence-electron chi connectivity index (χ2n) is 1.22. The summed E-state index contributed by atoms with van der Waals surface area (Å²) in [5.41, 5.74) is 0. The molecule has 8 heavy (non-hydrogen) atoms. The zero-order chi connectivity index (χ0) is 6.41. The van der Waals surface area contributed by atoms with Crippen LogP contribution in [0.5, 0.6) is 0 Å². The first kappa shape index (κ1) is 6.95. The van der Waals surface area contributed by atoms with Crippen LogP contribution in [0.1, 0.15) is 6.92 Å². The van der Waals surface area contributed by atoms with E-state index in [0.29, 0.717) is 0 Å². The molecule has 0 aliphatic rings. The molecule has 0 aliphatic carbocycles. The van der Waals surface area contributed by atoms with Crippen molar-refractivity contribution in [2.45, 2.75) is 6.92 Å². The number of carbonyl (C=O) groups excluding carboxylic acids is 1. The number of rotatable bonds is 2. The van der Waals surface area contributed by atoms with Gasteiger partial charge in [-0.25, -0.2) is 0 Å². The summed E-state index contributed by atoms with van der Waals surface area (Å²) in [7, 11) is 0. The Balaban J connectivity index is 3.66. The zero-order valence-corrected chi connectivity index (χ0v) is 4.66. The first-order chi connectivity index (χ1) is 3.81. The number of carbonyl (C=O) groups is 1. The van der Waals surface area contributed by atoms with E-state index in [1.807, 2.05) is 0 Å². The van der Waals surface area contributed by atoms with Gasteiger partial charge >= 0.3 is 0 Å². The third-order valence-corrected chi connectivity index (χ3v) is 0.570. The van der Waals surface area contributed by atoms with Crippen molar-refractivity contribution in [1.82, 2.24) is 0 Å². The van der Waals surface area contributed by atoms with Crippen molar-refractivity contribution in [3.63, 3.8) is 0 Å². The molecule has 0 rings (SSSR count). The molecule has 2 heteroatoms. The summed E-state index contributed by atoms with van der Waals surface area (Å²) in [6.07, 6.45) is 4.79. The van der Waals surface area contributed by atoms with Crippen LogP contribution < -0.4 is 0 Å². The standard InChI is InChI=1S/C6H8O2/c1-2-3-6(8)4-5-7/h2-5,7H,1H3/b3-2+,5-4-. The number of ketones is 1. The van der Waals surface area contributed by atoms with Gasteiger partial charge in [0.15, 0.2) is 5.78 Å². The fraction of sp³-hybridized carbons (Fsp3) is 0.167. The molecular formula is C6H8O2. The van der Waals surface area contributed by atoms with E-state index in [-0.39, 0.29) is 5.78 Å². The summed E-state index contributed by atoms with van der Waals surface area (Å²) < 4.78 is 0. The molecule has 0 radical (unpaired) electrons. The average molecular weight is 112 g/mol. The van der Waals surface area contributed by atoms with Gasteiger partial charge in [0.05, 0.1) is 6.26 Å². The Bertz CT molecular complexity index is 108. The SMILES string of the molecule is C/C=C/C(=O)/C=C\O. The molecule has 2 nitrogen and oxygen atoms in total. The van der Waals surface area contributed by atoms with Gasteiger partial charge in [-0.05, 0) is 13.0 Å². The first-order valence-corrected chi connectivity index (χ1v) is 2.28. The number of hydrogen-bond acceptors (Lipinski definition) is 2. The van der Waals surface area contributed by atoms with Crippen molar-refractivity contribution in [2.75, 3.05) is 0 Å². The van der Waals surface area contributed by atoms with Crippen LogP contribution in [0.25, 0.3) is 0 Å². The summed E-state index contributed by atoms with van der Waals surface area (Å²) in [4.78, 5) is 10.3. The van der Waals surface area contributed by atoms with Crippen molar-refractivity contribution in [2.24, 2.45) is 0 Å². The van der Waals surface area contributed by atoms with E-state index in [4.69, 9.17) is 5.11 Å². The molecule has 0 saturated heterocycles. The van der Waals surface area contributed by atoms with Crippen LogP contribution in [0.15, 0.2) is 24.5 Å². The Morgan fingerprint density at radius 2 is 2.12 bits per heavy atom. The number of aliphatic hydroxyl groups excluding tert-OH is 1. The first-order valence-electron chi connectivity index (χ1n) is 2.28. The summed E-state index contributed by atoms with van der Waals surface area (Å²) in [6, 6.07) is 0.